The molecule has 0 spiro atoms. The molecule has 17 heavy (non-hydrogen) atoms. The first-order chi connectivity index (χ1) is 8.29. The molecular formula is C14H18FNO. The Hall–Kier alpha value is -1.35. The second-order valence-corrected chi connectivity index (χ2v) is 4.31. The number of rotatable bonds is 6. The fourth-order valence-electron chi connectivity index (χ4n) is 1.64. The van der Waals surface area contributed by atoms with Crippen molar-refractivity contribution in [3.63, 3.8) is 0 Å². The van der Waals surface area contributed by atoms with Gasteiger partial charge in [-0.05, 0) is 37.9 Å². The molecule has 3 heteroatoms. The highest BCUT2D eigenvalue weighted by Gasteiger charge is 2.19. The molecule has 0 saturated heterocycles. The summed E-state index contributed by atoms with van der Waals surface area (Å²) in [6.45, 7) is 0.971. The van der Waals surface area contributed by atoms with Crippen molar-refractivity contribution >= 4 is 6.08 Å². The van der Waals surface area contributed by atoms with Gasteiger partial charge in [0.05, 0.1) is 7.11 Å². The number of hydrogen-bond acceptors (Lipinski definition) is 2. The summed E-state index contributed by atoms with van der Waals surface area (Å²) in [5.74, 6) is 0.311. The lowest BCUT2D eigenvalue weighted by Gasteiger charge is -2.02. The lowest BCUT2D eigenvalue weighted by Crippen LogP contribution is -2.16. The molecule has 0 unspecified atom stereocenters. The van der Waals surface area contributed by atoms with Gasteiger partial charge >= 0.3 is 0 Å². The Morgan fingerprint density at radius 2 is 2.29 bits per heavy atom. The van der Waals surface area contributed by atoms with E-state index in [0.29, 0.717) is 11.3 Å². The molecule has 1 N–H and O–H groups in total. The van der Waals surface area contributed by atoms with Crippen LogP contribution < -0.4 is 10.1 Å². The Labute approximate surface area is 101 Å². The van der Waals surface area contributed by atoms with E-state index in [4.69, 9.17) is 4.74 Å². The van der Waals surface area contributed by atoms with Gasteiger partial charge in [0, 0.05) is 17.7 Å². The van der Waals surface area contributed by atoms with Crippen LogP contribution >= 0.6 is 0 Å². The van der Waals surface area contributed by atoms with Crippen molar-refractivity contribution in [3.05, 3.63) is 35.7 Å². The molecule has 1 aliphatic rings. The lowest BCUT2D eigenvalue weighted by molar-refractivity contribution is 0.411. The molecule has 1 saturated carbocycles. The Morgan fingerprint density at radius 1 is 1.47 bits per heavy atom. The minimum Gasteiger partial charge on any atom is -0.497 e. The predicted octanol–water partition coefficient (Wildman–Crippen LogP) is 2.99. The predicted molar refractivity (Wildman–Crippen MR) is 67.6 cm³/mol. The van der Waals surface area contributed by atoms with E-state index in [0.717, 1.165) is 19.0 Å². The van der Waals surface area contributed by atoms with Gasteiger partial charge in [-0.3, -0.25) is 0 Å². The summed E-state index contributed by atoms with van der Waals surface area (Å²) in [5.41, 5.74) is 0.609. The van der Waals surface area contributed by atoms with Gasteiger partial charge < -0.3 is 10.1 Å². The van der Waals surface area contributed by atoms with Crippen LogP contribution in [0.2, 0.25) is 0 Å². The first-order valence-corrected chi connectivity index (χ1v) is 6.03. The zero-order chi connectivity index (χ0) is 12.1. The van der Waals surface area contributed by atoms with Crippen LogP contribution in [0.5, 0.6) is 5.75 Å². The van der Waals surface area contributed by atoms with Crippen LogP contribution in [0.1, 0.15) is 24.8 Å². The maximum Gasteiger partial charge on any atom is 0.134 e. The normalized spacial score (nSPS) is 15.4. The van der Waals surface area contributed by atoms with E-state index in [9.17, 15) is 4.39 Å². The fourth-order valence-corrected chi connectivity index (χ4v) is 1.64. The largest absolute Gasteiger partial charge is 0.497 e. The van der Waals surface area contributed by atoms with Gasteiger partial charge in [0.15, 0.2) is 0 Å². The van der Waals surface area contributed by atoms with Crippen molar-refractivity contribution in [2.45, 2.75) is 25.3 Å². The zero-order valence-corrected chi connectivity index (χ0v) is 10.1. The van der Waals surface area contributed by atoms with Crippen LogP contribution in [0.3, 0.4) is 0 Å². The Kier molecular flexibility index (Phi) is 4.15. The van der Waals surface area contributed by atoms with Gasteiger partial charge in [-0.1, -0.05) is 12.2 Å². The van der Waals surface area contributed by atoms with Crippen LogP contribution in [0.4, 0.5) is 4.39 Å². The molecule has 0 bridgehead atoms. The topological polar surface area (TPSA) is 21.3 Å². The minimum atomic E-state index is -0.240. The highest BCUT2D eigenvalue weighted by molar-refractivity contribution is 5.51. The molecule has 2 rings (SSSR count). The van der Waals surface area contributed by atoms with Crippen molar-refractivity contribution in [1.82, 2.24) is 5.32 Å². The van der Waals surface area contributed by atoms with Crippen molar-refractivity contribution in [3.8, 4) is 5.75 Å². The Balaban J connectivity index is 1.81. The molecule has 1 aliphatic carbocycles. The second kappa shape index (κ2) is 5.82. The summed E-state index contributed by atoms with van der Waals surface area (Å²) in [6, 6.07) is 5.65. The first kappa shape index (κ1) is 12.1. The summed E-state index contributed by atoms with van der Waals surface area (Å²) < 4.78 is 18.5. The summed E-state index contributed by atoms with van der Waals surface area (Å²) in [7, 11) is 1.54. The number of nitrogens with one attached hydrogen (secondary N) is 1. The average Bonchev–Trinajstić information content (AvgIpc) is 3.14. The molecule has 0 atom stereocenters. The molecule has 0 aliphatic heterocycles. The van der Waals surface area contributed by atoms with Crippen molar-refractivity contribution in [1.29, 1.82) is 0 Å². The van der Waals surface area contributed by atoms with E-state index in [1.54, 1.807) is 12.1 Å². The molecule has 0 amide bonds. The Bertz CT molecular complexity index is 399. The van der Waals surface area contributed by atoms with Gasteiger partial charge in [-0.15, -0.1) is 0 Å². The fraction of sp³-hybridized carbons (Fsp3) is 0.429. The number of hydrogen-bond donors (Lipinski definition) is 1. The number of ether oxygens (including phenoxy) is 1. The maximum absolute atomic E-state index is 13.5. The van der Waals surface area contributed by atoms with E-state index in [2.05, 4.69) is 5.32 Å². The SMILES string of the molecule is COc1ccc(/C=C/CCNC2CC2)c(F)c1. The minimum absolute atomic E-state index is 0.240. The Morgan fingerprint density at radius 3 is 2.94 bits per heavy atom. The molecule has 2 nitrogen and oxygen atoms in total. The molecule has 1 fully saturated rings. The van der Waals surface area contributed by atoms with Gasteiger partial charge in [0.2, 0.25) is 0 Å². The van der Waals surface area contributed by atoms with Crippen molar-refractivity contribution in [2.24, 2.45) is 0 Å². The summed E-state index contributed by atoms with van der Waals surface area (Å²) in [4.78, 5) is 0. The van der Waals surface area contributed by atoms with E-state index < -0.39 is 0 Å². The summed E-state index contributed by atoms with van der Waals surface area (Å²) in [6.07, 6.45) is 7.36. The van der Waals surface area contributed by atoms with Crippen LogP contribution in [0.25, 0.3) is 6.08 Å². The number of halogens is 1. The lowest BCUT2D eigenvalue weighted by atomic mass is 10.2. The molecule has 0 radical (unpaired) electrons. The average molecular weight is 235 g/mol. The molecule has 0 aromatic heterocycles. The third kappa shape index (κ3) is 3.86. The highest BCUT2D eigenvalue weighted by atomic mass is 19.1. The van der Waals surface area contributed by atoms with Crippen LogP contribution in [0.15, 0.2) is 24.3 Å². The van der Waals surface area contributed by atoms with Gasteiger partial charge in [-0.2, -0.15) is 0 Å². The summed E-state index contributed by atoms with van der Waals surface area (Å²) >= 11 is 0. The molecular weight excluding hydrogens is 217 g/mol. The highest BCUT2D eigenvalue weighted by Crippen LogP contribution is 2.19. The van der Waals surface area contributed by atoms with E-state index >= 15 is 0 Å². The van der Waals surface area contributed by atoms with Crippen molar-refractivity contribution in [2.75, 3.05) is 13.7 Å². The molecule has 1 aromatic rings. The monoisotopic (exact) mass is 235 g/mol. The first-order valence-electron chi connectivity index (χ1n) is 6.03. The maximum atomic E-state index is 13.5. The van der Waals surface area contributed by atoms with Crippen LogP contribution in [0, 0.1) is 5.82 Å². The van der Waals surface area contributed by atoms with E-state index in [1.165, 1.54) is 26.0 Å². The molecule has 0 heterocycles. The van der Waals surface area contributed by atoms with Crippen LogP contribution in [-0.2, 0) is 0 Å². The number of benzene rings is 1. The second-order valence-electron chi connectivity index (χ2n) is 4.31. The third-order valence-corrected chi connectivity index (χ3v) is 2.83. The molecule has 92 valence electrons. The van der Waals surface area contributed by atoms with Crippen LogP contribution in [-0.4, -0.2) is 19.7 Å². The quantitative estimate of drug-likeness (QED) is 0.765. The van der Waals surface area contributed by atoms with Gasteiger partial charge in [0.1, 0.15) is 11.6 Å². The van der Waals surface area contributed by atoms with E-state index in [-0.39, 0.29) is 5.82 Å². The van der Waals surface area contributed by atoms with Gasteiger partial charge in [-0.25, -0.2) is 4.39 Å². The third-order valence-electron chi connectivity index (χ3n) is 2.83. The summed E-state index contributed by atoms with van der Waals surface area (Å²) in [5, 5.41) is 3.41. The van der Waals surface area contributed by atoms with Crippen molar-refractivity contribution < 1.29 is 9.13 Å². The smallest absolute Gasteiger partial charge is 0.134 e. The van der Waals surface area contributed by atoms with E-state index in [1.807, 2.05) is 12.2 Å². The standard InChI is InChI=1S/C14H18FNO/c1-17-13-8-5-11(14(15)10-13)4-2-3-9-16-12-6-7-12/h2,4-5,8,10,12,16H,3,6-7,9H2,1H3/b4-2+. The zero-order valence-electron chi connectivity index (χ0n) is 10.1. The van der Waals surface area contributed by atoms with Gasteiger partial charge in [0.25, 0.3) is 0 Å². The molecule has 1 aromatic carbocycles. The number of methoxy groups -OCH3 is 1.